The number of aldehydes is 1. The molecule has 5 rings (SSSR count). The molecule has 0 amide bonds. The minimum absolute atomic E-state index is 0.0314. The van der Waals surface area contributed by atoms with Crippen LogP contribution in [0.2, 0.25) is 5.15 Å². The molecule has 0 aliphatic carbocycles. The number of nitrogens with zero attached hydrogens (tertiary/aromatic N) is 3. The summed E-state index contributed by atoms with van der Waals surface area (Å²) in [5.74, 6) is -0.579. The number of carbonyl (C=O) groups is 1. The molecule has 8 heteroatoms. The van der Waals surface area contributed by atoms with Crippen LogP contribution in [0.15, 0.2) is 48.5 Å². The van der Waals surface area contributed by atoms with E-state index in [9.17, 15) is 9.18 Å². The zero-order valence-corrected chi connectivity index (χ0v) is 17.6. The predicted octanol–water partition coefficient (Wildman–Crippen LogP) is 5.22. The molecule has 162 valence electrons. The van der Waals surface area contributed by atoms with E-state index in [4.69, 9.17) is 16.3 Å². The standard InChI is InChI=1S/C24H18ClF2N3O2/c25-23-3-1-2-20(28-23)17-11-18(26)15(9-19(17)27)10-24-29-21-5-4-14(13-31)8-22(21)30(24)12-16-6-7-32-16/h1-5,8-9,11,13,16H,6-7,10,12H2. The molecule has 0 radical (unpaired) electrons. The molecular weight excluding hydrogens is 436 g/mol. The van der Waals surface area contributed by atoms with Crippen molar-refractivity contribution in [3.63, 3.8) is 0 Å². The molecule has 0 spiro atoms. The summed E-state index contributed by atoms with van der Waals surface area (Å²) in [6, 6.07) is 12.3. The third kappa shape index (κ3) is 3.89. The van der Waals surface area contributed by atoms with Crippen LogP contribution in [0.5, 0.6) is 0 Å². The van der Waals surface area contributed by atoms with Crippen molar-refractivity contribution in [2.75, 3.05) is 6.61 Å². The van der Waals surface area contributed by atoms with Gasteiger partial charge in [-0.05, 0) is 54.4 Å². The molecule has 1 aliphatic heterocycles. The number of benzene rings is 2. The molecule has 32 heavy (non-hydrogen) atoms. The van der Waals surface area contributed by atoms with Crippen LogP contribution >= 0.6 is 11.6 Å². The highest BCUT2D eigenvalue weighted by Crippen LogP contribution is 2.28. The summed E-state index contributed by atoms with van der Waals surface area (Å²) in [4.78, 5) is 19.9. The zero-order chi connectivity index (χ0) is 22.2. The van der Waals surface area contributed by atoms with Crippen LogP contribution in [0.3, 0.4) is 0 Å². The third-order valence-electron chi connectivity index (χ3n) is 5.64. The van der Waals surface area contributed by atoms with E-state index in [0.29, 0.717) is 30.1 Å². The monoisotopic (exact) mass is 453 g/mol. The van der Waals surface area contributed by atoms with Crippen molar-refractivity contribution in [3.05, 3.63) is 82.3 Å². The van der Waals surface area contributed by atoms with E-state index in [2.05, 4.69) is 9.97 Å². The first-order valence-corrected chi connectivity index (χ1v) is 10.6. The first kappa shape index (κ1) is 20.7. The number of aromatic nitrogens is 3. The molecule has 1 saturated heterocycles. The van der Waals surface area contributed by atoms with Gasteiger partial charge in [0.2, 0.25) is 0 Å². The molecule has 0 saturated carbocycles. The average molecular weight is 454 g/mol. The van der Waals surface area contributed by atoms with Crippen LogP contribution in [-0.4, -0.2) is 33.5 Å². The van der Waals surface area contributed by atoms with Crippen molar-refractivity contribution in [3.8, 4) is 11.3 Å². The molecule has 0 bridgehead atoms. The van der Waals surface area contributed by atoms with Gasteiger partial charge in [-0.25, -0.2) is 18.7 Å². The van der Waals surface area contributed by atoms with Crippen LogP contribution in [0, 0.1) is 11.6 Å². The van der Waals surface area contributed by atoms with Crippen LogP contribution < -0.4 is 0 Å². The number of ether oxygens (including phenoxy) is 1. The van der Waals surface area contributed by atoms with E-state index < -0.39 is 11.6 Å². The van der Waals surface area contributed by atoms with Gasteiger partial charge in [-0.1, -0.05) is 17.7 Å². The maximum absolute atomic E-state index is 15.0. The van der Waals surface area contributed by atoms with Crippen molar-refractivity contribution < 1.29 is 18.3 Å². The van der Waals surface area contributed by atoms with Crippen molar-refractivity contribution in [2.45, 2.75) is 25.5 Å². The highest BCUT2D eigenvalue weighted by atomic mass is 35.5. The Morgan fingerprint density at radius 3 is 2.69 bits per heavy atom. The number of pyridine rings is 1. The molecule has 1 unspecified atom stereocenters. The highest BCUT2D eigenvalue weighted by molar-refractivity contribution is 6.29. The first-order chi connectivity index (χ1) is 15.5. The third-order valence-corrected chi connectivity index (χ3v) is 5.85. The average Bonchev–Trinajstić information content (AvgIpc) is 3.09. The van der Waals surface area contributed by atoms with Crippen molar-refractivity contribution in [1.29, 1.82) is 0 Å². The van der Waals surface area contributed by atoms with E-state index in [0.717, 1.165) is 24.3 Å². The van der Waals surface area contributed by atoms with Gasteiger partial charge in [-0.15, -0.1) is 0 Å². The number of hydrogen-bond donors (Lipinski definition) is 0. The van der Waals surface area contributed by atoms with Gasteiger partial charge in [-0.3, -0.25) is 4.79 Å². The van der Waals surface area contributed by atoms with Gasteiger partial charge < -0.3 is 9.30 Å². The molecule has 0 N–H and O–H groups in total. The second kappa shape index (κ2) is 8.41. The largest absolute Gasteiger partial charge is 0.376 e. The second-order valence-corrected chi connectivity index (χ2v) is 8.12. The summed E-state index contributed by atoms with van der Waals surface area (Å²) in [5, 5.41) is 0.202. The fourth-order valence-corrected chi connectivity index (χ4v) is 4.05. The summed E-state index contributed by atoms with van der Waals surface area (Å²) >= 11 is 5.89. The summed E-state index contributed by atoms with van der Waals surface area (Å²) in [6.45, 7) is 1.23. The maximum Gasteiger partial charge on any atom is 0.150 e. The Morgan fingerprint density at radius 2 is 1.97 bits per heavy atom. The highest BCUT2D eigenvalue weighted by Gasteiger charge is 2.23. The van der Waals surface area contributed by atoms with Crippen molar-refractivity contribution in [2.24, 2.45) is 0 Å². The number of halogens is 3. The molecule has 1 aliphatic rings. The van der Waals surface area contributed by atoms with Crippen molar-refractivity contribution in [1.82, 2.24) is 14.5 Å². The smallest absolute Gasteiger partial charge is 0.150 e. The lowest BCUT2D eigenvalue weighted by Gasteiger charge is -2.27. The van der Waals surface area contributed by atoms with Gasteiger partial charge >= 0.3 is 0 Å². The number of imidazole rings is 1. The summed E-state index contributed by atoms with van der Waals surface area (Å²) in [6.07, 6.45) is 1.80. The van der Waals surface area contributed by atoms with Gasteiger partial charge in [0.15, 0.2) is 0 Å². The van der Waals surface area contributed by atoms with Gasteiger partial charge in [0.1, 0.15) is 28.9 Å². The van der Waals surface area contributed by atoms with Gasteiger partial charge in [-0.2, -0.15) is 0 Å². The van der Waals surface area contributed by atoms with Crippen LogP contribution in [0.4, 0.5) is 8.78 Å². The number of carbonyl (C=O) groups excluding carboxylic acids is 1. The fraction of sp³-hybridized carbons (Fsp3) is 0.208. The lowest BCUT2D eigenvalue weighted by atomic mass is 10.0. The molecule has 3 heterocycles. The molecule has 1 fully saturated rings. The van der Waals surface area contributed by atoms with Crippen LogP contribution in [0.25, 0.3) is 22.3 Å². The second-order valence-electron chi connectivity index (χ2n) is 7.73. The Hall–Kier alpha value is -3.16. The molecule has 1 atom stereocenters. The quantitative estimate of drug-likeness (QED) is 0.296. The molecule has 2 aromatic carbocycles. The van der Waals surface area contributed by atoms with E-state index >= 15 is 4.39 Å². The first-order valence-electron chi connectivity index (χ1n) is 10.2. The topological polar surface area (TPSA) is 57.0 Å². The van der Waals surface area contributed by atoms with Gasteiger partial charge in [0.25, 0.3) is 0 Å². The van der Waals surface area contributed by atoms with E-state index in [1.807, 2.05) is 4.57 Å². The van der Waals surface area contributed by atoms with E-state index in [1.54, 1.807) is 36.4 Å². The molecule has 2 aromatic heterocycles. The Balaban J connectivity index is 1.54. The summed E-state index contributed by atoms with van der Waals surface area (Å²) in [5.41, 5.74) is 2.45. The minimum Gasteiger partial charge on any atom is -0.376 e. The zero-order valence-electron chi connectivity index (χ0n) is 16.9. The maximum atomic E-state index is 15.0. The van der Waals surface area contributed by atoms with Crippen LogP contribution in [-0.2, 0) is 17.7 Å². The molecule has 5 nitrogen and oxygen atoms in total. The molecular formula is C24H18ClF2N3O2. The van der Waals surface area contributed by atoms with Crippen molar-refractivity contribution >= 4 is 28.9 Å². The minimum atomic E-state index is -0.593. The number of rotatable bonds is 6. The lowest BCUT2D eigenvalue weighted by Crippen LogP contribution is -2.31. The Labute approximate surface area is 187 Å². The molecule has 4 aromatic rings. The lowest BCUT2D eigenvalue weighted by molar-refractivity contribution is -0.0589. The van der Waals surface area contributed by atoms with E-state index in [-0.39, 0.29) is 34.5 Å². The van der Waals surface area contributed by atoms with E-state index in [1.165, 1.54) is 6.07 Å². The Bertz CT molecular complexity index is 1330. The number of fused-ring (bicyclic) bond motifs is 1. The summed E-state index contributed by atoms with van der Waals surface area (Å²) in [7, 11) is 0. The van der Waals surface area contributed by atoms with Crippen LogP contribution in [0.1, 0.15) is 28.2 Å². The predicted molar refractivity (Wildman–Crippen MR) is 117 cm³/mol. The van der Waals surface area contributed by atoms with Gasteiger partial charge in [0.05, 0.1) is 29.4 Å². The Morgan fingerprint density at radius 1 is 1.12 bits per heavy atom. The SMILES string of the molecule is O=Cc1ccc2nc(Cc3cc(F)c(-c4cccc(Cl)n4)cc3F)n(CC3CCO3)c2c1. The number of hydrogen-bond acceptors (Lipinski definition) is 4. The normalized spacial score (nSPS) is 15.7. The fourth-order valence-electron chi connectivity index (χ4n) is 3.88. The Kier molecular flexibility index (Phi) is 5.45. The summed E-state index contributed by atoms with van der Waals surface area (Å²) < 4.78 is 37.4. The van der Waals surface area contributed by atoms with Gasteiger partial charge in [0, 0.05) is 24.2 Å².